The Morgan fingerprint density at radius 1 is 1.07 bits per heavy atom. The summed E-state index contributed by atoms with van der Waals surface area (Å²) in [5.41, 5.74) is 2.38. The lowest BCUT2D eigenvalue weighted by Crippen LogP contribution is -2.41. The number of nitrogens with zero attached hydrogens (tertiary/aromatic N) is 2. The topological polar surface area (TPSA) is 32.8 Å². The molecule has 0 unspecified atom stereocenters. The number of amides is 1. The summed E-state index contributed by atoms with van der Waals surface area (Å²) in [6.07, 6.45) is 7.71. The molecule has 0 atom stereocenters. The van der Waals surface area contributed by atoms with Crippen molar-refractivity contribution in [2.24, 2.45) is 5.92 Å². The molecule has 4 heteroatoms. The first-order chi connectivity index (χ1) is 12.8. The Labute approximate surface area is 165 Å². The molecule has 1 saturated heterocycles. The van der Waals surface area contributed by atoms with Gasteiger partial charge in [-0.1, -0.05) is 37.3 Å². The zero-order valence-corrected chi connectivity index (χ0v) is 17.7. The smallest absolute Gasteiger partial charge is 0.410 e. The van der Waals surface area contributed by atoms with E-state index in [0.29, 0.717) is 0 Å². The predicted molar refractivity (Wildman–Crippen MR) is 113 cm³/mol. The minimum atomic E-state index is -0.375. The second kappa shape index (κ2) is 9.82. The number of piperidine rings is 1. The Hall–Kier alpha value is -1.97. The lowest BCUT2D eigenvalue weighted by Gasteiger charge is -2.32. The summed E-state index contributed by atoms with van der Waals surface area (Å²) >= 11 is 0. The second-order valence-corrected chi connectivity index (χ2v) is 8.64. The molecule has 0 saturated carbocycles. The van der Waals surface area contributed by atoms with Gasteiger partial charge in [-0.2, -0.15) is 0 Å². The number of ether oxygens (including phenoxy) is 1. The summed E-state index contributed by atoms with van der Waals surface area (Å²) in [4.78, 5) is 15.9. The molecule has 27 heavy (non-hydrogen) atoms. The number of aryl methyl sites for hydroxylation is 1. The van der Waals surface area contributed by atoms with Gasteiger partial charge in [0, 0.05) is 31.9 Å². The third-order valence-corrected chi connectivity index (χ3v) is 4.95. The Kier molecular flexibility index (Phi) is 7.76. The number of carbonyl (C=O) groups excluding carboxylic acids is 1. The number of benzene rings is 1. The molecule has 0 radical (unpaired) electrons. The highest BCUT2D eigenvalue weighted by atomic mass is 16.6. The third kappa shape index (κ3) is 7.28. The molecule has 3 rings (SSSR count). The van der Waals surface area contributed by atoms with Crippen molar-refractivity contribution in [1.82, 2.24) is 4.90 Å². The lowest BCUT2D eigenvalue weighted by atomic mass is 10.00. The maximum atomic E-state index is 11.6. The molecule has 2 heterocycles. The van der Waals surface area contributed by atoms with Crippen LogP contribution in [0.5, 0.6) is 0 Å². The molecule has 0 aromatic heterocycles. The van der Waals surface area contributed by atoms with Gasteiger partial charge in [-0.15, -0.1) is 0 Å². The van der Waals surface area contributed by atoms with Crippen LogP contribution >= 0.6 is 0 Å². The van der Waals surface area contributed by atoms with E-state index < -0.39 is 0 Å². The molecule has 1 amide bonds. The van der Waals surface area contributed by atoms with Crippen LogP contribution in [0, 0.1) is 12.8 Å². The molecule has 1 aromatic rings. The van der Waals surface area contributed by atoms with Crippen LogP contribution in [0.3, 0.4) is 0 Å². The van der Waals surface area contributed by atoms with E-state index in [2.05, 4.69) is 55.2 Å². The van der Waals surface area contributed by atoms with Crippen molar-refractivity contribution in [2.75, 3.05) is 31.1 Å². The van der Waals surface area contributed by atoms with Crippen LogP contribution in [0.4, 0.5) is 10.5 Å². The van der Waals surface area contributed by atoms with E-state index in [0.717, 1.165) is 44.9 Å². The number of carbonyl (C=O) groups is 1. The van der Waals surface area contributed by atoms with E-state index in [9.17, 15) is 4.79 Å². The molecule has 150 valence electrons. The standard InChI is InChI=1S/C12H15N.C11H21NO2/c1-11-7-3-4-8-12(11)13-9-5-2-6-10-13;1-9-5-7-12(8-6-9)10(13)14-11(2,3)4/h2-5,7-8H,6,9-10H2,1H3;9H,5-8H2,1-4H3. The second-order valence-electron chi connectivity index (χ2n) is 8.64. The van der Waals surface area contributed by atoms with Crippen LogP contribution in [-0.2, 0) is 4.74 Å². The minimum absolute atomic E-state index is 0.163. The molecular formula is C23H36N2O2. The molecule has 1 fully saturated rings. The van der Waals surface area contributed by atoms with E-state index in [1.165, 1.54) is 17.7 Å². The molecule has 4 nitrogen and oxygen atoms in total. The van der Waals surface area contributed by atoms with Crippen molar-refractivity contribution >= 4 is 11.8 Å². The maximum absolute atomic E-state index is 11.6. The van der Waals surface area contributed by atoms with Gasteiger partial charge in [-0.3, -0.25) is 0 Å². The molecule has 0 N–H and O–H groups in total. The van der Waals surface area contributed by atoms with Gasteiger partial charge in [-0.25, -0.2) is 4.79 Å². The number of hydrogen-bond acceptors (Lipinski definition) is 3. The fraction of sp³-hybridized carbons (Fsp3) is 0.609. The predicted octanol–water partition coefficient (Wildman–Crippen LogP) is 5.41. The lowest BCUT2D eigenvalue weighted by molar-refractivity contribution is 0.0190. The molecule has 0 bridgehead atoms. The Morgan fingerprint density at radius 2 is 1.74 bits per heavy atom. The van der Waals surface area contributed by atoms with E-state index in [1.807, 2.05) is 25.7 Å². The van der Waals surface area contributed by atoms with Crippen LogP contribution in [0.1, 0.15) is 52.5 Å². The molecular weight excluding hydrogens is 336 g/mol. The van der Waals surface area contributed by atoms with Crippen molar-refractivity contribution in [3.63, 3.8) is 0 Å². The van der Waals surface area contributed by atoms with Gasteiger partial charge in [0.05, 0.1) is 0 Å². The Bertz CT molecular complexity index is 626. The van der Waals surface area contributed by atoms with Gasteiger partial charge in [0.1, 0.15) is 5.60 Å². The van der Waals surface area contributed by atoms with Crippen LogP contribution in [-0.4, -0.2) is 42.8 Å². The van der Waals surface area contributed by atoms with Gasteiger partial charge in [0.15, 0.2) is 0 Å². The number of para-hydroxylation sites is 1. The van der Waals surface area contributed by atoms with Gasteiger partial charge in [-0.05, 0) is 64.5 Å². The monoisotopic (exact) mass is 372 g/mol. The number of anilines is 1. The van der Waals surface area contributed by atoms with E-state index in [-0.39, 0.29) is 11.7 Å². The summed E-state index contributed by atoms with van der Waals surface area (Å²) in [7, 11) is 0. The van der Waals surface area contributed by atoms with Gasteiger partial charge >= 0.3 is 6.09 Å². The number of hydrogen-bond donors (Lipinski definition) is 0. The van der Waals surface area contributed by atoms with E-state index in [1.54, 1.807) is 0 Å². The highest BCUT2D eigenvalue weighted by Gasteiger charge is 2.25. The fourth-order valence-corrected chi connectivity index (χ4v) is 3.30. The Morgan fingerprint density at radius 3 is 2.30 bits per heavy atom. The van der Waals surface area contributed by atoms with Crippen molar-refractivity contribution in [3.05, 3.63) is 42.0 Å². The first kappa shape index (κ1) is 21.3. The minimum Gasteiger partial charge on any atom is -0.444 e. The first-order valence-corrected chi connectivity index (χ1v) is 10.2. The average Bonchev–Trinajstić information content (AvgIpc) is 2.62. The highest BCUT2D eigenvalue weighted by molar-refractivity contribution is 5.68. The molecule has 0 spiro atoms. The molecule has 0 aliphatic carbocycles. The van der Waals surface area contributed by atoms with Crippen LogP contribution in [0.2, 0.25) is 0 Å². The zero-order valence-electron chi connectivity index (χ0n) is 17.7. The summed E-state index contributed by atoms with van der Waals surface area (Å²) in [6, 6.07) is 8.58. The molecule has 2 aliphatic rings. The fourth-order valence-electron chi connectivity index (χ4n) is 3.30. The highest BCUT2D eigenvalue weighted by Crippen LogP contribution is 2.21. The van der Waals surface area contributed by atoms with Gasteiger partial charge < -0.3 is 14.5 Å². The van der Waals surface area contributed by atoms with Crippen LogP contribution < -0.4 is 4.90 Å². The Balaban J connectivity index is 0.000000194. The first-order valence-electron chi connectivity index (χ1n) is 10.2. The summed E-state index contributed by atoms with van der Waals surface area (Å²) in [5.74, 6) is 0.744. The summed E-state index contributed by atoms with van der Waals surface area (Å²) in [6.45, 7) is 14.0. The SMILES string of the molecule is CC1CCN(C(=O)OC(C)(C)C)CC1.Cc1ccccc1N1CC=CCC1. The van der Waals surface area contributed by atoms with Crippen LogP contribution in [0.25, 0.3) is 0 Å². The summed E-state index contributed by atoms with van der Waals surface area (Å²) < 4.78 is 5.30. The number of rotatable bonds is 1. The molecule has 1 aromatic carbocycles. The maximum Gasteiger partial charge on any atom is 0.410 e. The van der Waals surface area contributed by atoms with Crippen molar-refractivity contribution in [2.45, 2.75) is 59.5 Å². The van der Waals surface area contributed by atoms with Gasteiger partial charge in [0.25, 0.3) is 0 Å². The van der Waals surface area contributed by atoms with Crippen molar-refractivity contribution in [3.8, 4) is 0 Å². The van der Waals surface area contributed by atoms with E-state index >= 15 is 0 Å². The third-order valence-electron chi connectivity index (χ3n) is 4.95. The van der Waals surface area contributed by atoms with E-state index in [4.69, 9.17) is 4.74 Å². The van der Waals surface area contributed by atoms with Gasteiger partial charge in [0.2, 0.25) is 0 Å². The zero-order chi connectivity index (χ0) is 19.9. The summed E-state index contributed by atoms with van der Waals surface area (Å²) in [5, 5.41) is 0. The number of likely N-dealkylation sites (tertiary alicyclic amines) is 1. The normalized spacial score (nSPS) is 18.0. The van der Waals surface area contributed by atoms with Crippen LogP contribution in [0.15, 0.2) is 36.4 Å². The average molecular weight is 373 g/mol. The van der Waals surface area contributed by atoms with Crippen molar-refractivity contribution < 1.29 is 9.53 Å². The quantitative estimate of drug-likeness (QED) is 0.618. The largest absolute Gasteiger partial charge is 0.444 e. The molecule has 2 aliphatic heterocycles. The van der Waals surface area contributed by atoms with Crippen molar-refractivity contribution in [1.29, 1.82) is 0 Å².